The van der Waals surface area contributed by atoms with Gasteiger partial charge in [0.25, 0.3) is 0 Å². The molecule has 2 aliphatic rings. The number of hydrogen-bond donors (Lipinski definition) is 0. The van der Waals surface area contributed by atoms with Crippen molar-refractivity contribution < 1.29 is 14.0 Å². The molecule has 1 aromatic rings. The highest BCUT2D eigenvalue weighted by atomic mass is 16.7. The summed E-state index contributed by atoms with van der Waals surface area (Å²) in [6.07, 6.45) is 2.46. The Morgan fingerprint density at radius 1 is 1.23 bits per heavy atom. The Hall–Kier alpha value is -1.51. The minimum absolute atomic E-state index is 0.383. The van der Waals surface area contributed by atoms with Crippen molar-refractivity contribution in [3.63, 3.8) is 0 Å². The van der Waals surface area contributed by atoms with Gasteiger partial charge in [0.2, 0.25) is 0 Å². The lowest BCUT2D eigenvalue weighted by Crippen LogP contribution is -2.41. The van der Waals surface area contributed by atoms with E-state index in [-0.39, 0.29) is 11.2 Å². The van der Waals surface area contributed by atoms with Crippen molar-refractivity contribution in [1.82, 2.24) is 0 Å². The Bertz CT molecular complexity index is 601. The highest BCUT2D eigenvalue weighted by molar-refractivity contribution is 6.62. The molecule has 116 valence electrons. The lowest BCUT2D eigenvalue weighted by molar-refractivity contribution is 0.00578. The third kappa shape index (κ3) is 2.86. The lowest BCUT2D eigenvalue weighted by atomic mass is 9.78. The molecule has 0 unspecified atom stereocenters. The van der Waals surface area contributed by atoms with Crippen molar-refractivity contribution in [1.29, 1.82) is 5.26 Å². The largest absolute Gasteiger partial charge is 0.494 e. The molecule has 0 spiro atoms. The topological polar surface area (TPSA) is 51.5 Å². The zero-order valence-corrected chi connectivity index (χ0v) is 13.7. The summed E-state index contributed by atoms with van der Waals surface area (Å²) in [5, 5.41) is 9.36. The summed E-state index contributed by atoms with van der Waals surface area (Å²) in [6.45, 7) is 8.78. The Kier molecular flexibility index (Phi) is 3.70. The van der Waals surface area contributed by atoms with Crippen molar-refractivity contribution in [2.24, 2.45) is 5.92 Å². The Balaban J connectivity index is 1.79. The Morgan fingerprint density at radius 3 is 2.41 bits per heavy atom. The molecule has 3 rings (SSSR count). The van der Waals surface area contributed by atoms with Crippen molar-refractivity contribution in [3.8, 4) is 11.8 Å². The average molecular weight is 299 g/mol. The van der Waals surface area contributed by atoms with Crippen molar-refractivity contribution in [2.75, 3.05) is 6.61 Å². The highest BCUT2D eigenvalue weighted by Gasteiger charge is 2.51. The van der Waals surface area contributed by atoms with Crippen LogP contribution in [0.1, 0.15) is 46.1 Å². The van der Waals surface area contributed by atoms with E-state index in [9.17, 15) is 5.26 Å². The number of ether oxygens (including phenoxy) is 1. The van der Waals surface area contributed by atoms with Gasteiger partial charge in [-0.3, -0.25) is 0 Å². The van der Waals surface area contributed by atoms with Crippen LogP contribution in [0.2, 0.25) is 0 Å². The minimum atomic E-state index is -0.449. The molecule has 1 saturated heterocycles. The molecule has 0 aromatic heterocycles. The summed E-state index contributed by atoms with van der Waals surface area (Å²) in [7, 11) is -0.449. The number of benzene rings is 1. The van der Waals surface area contributed by atoms with E-state index in [4.69, 9.17) is 14.0 Å². The van der Waals surface area contributed by atoms with Gasteiger partial charge in [0.15, 0.2) is 0 Å². The van der Waals surface area contributed by atoms with Crippen LogP contribution in [-0.4, -0.2) is 24.9 Å². The minimum Gasteiger partial charge on any atom is -0.492 e. The van der Waals surface area contributed by atoms with Gasteiger partial charge in [-0.2, -0.15) is 5.26 Å². The molecule has 1 saturated carbocycles. The smallest absolute Gasteiger partial charge is 0.492 e. The van der Waals surface area contributed by atoms with Gasteiger partial charge in [-0.05, 0) is 64.1 Å². The summed E-state index contributed by atoms with van der Waals surface area (Å²) in [5.41, 5.74) is 0.624. The van der Waals surface area contributed by atoms with Crippen LogP contribution in [0, 0.1) is 17.2 Å². The molecule has 5 heteroatoms. The monoisotopic (exact) mass is 299 g/mol. The van der Waals surface area contributed by atoms with Crippen molar-refractivity contribution in [2.45, 2.75) is 51.7 Å². The van der Waals surface area contributed by atoms with Crippen LogP contribution in [-0.2, 0) is 9.31 Å². The first-order valence-corrected chi connectivity index (χ1v) is 7.85. The van der Waals surface area contributed by atoms with E-state index in [0.717, 1.165) is 5.46 Å². The van der Waals surface area contributed by atoms with Crippen molar-refractivity contribution in [3.05, 3.63) is 23.8 Å². The third-order valence-electron chi connectivity index (χ3n) is 4.82. The zero-order chi connectivity index (χ0) is 16.0. The Morgan fingerprint density at radius 2 is 1.86 bits per heavy atom. The molecule has 2 fully saturated rings. The maximum Gasteiger partial charge on any atom is 0.494 e. The van der Waals surface area contributed by atoms with E-state index in [1.54, 1.807) is 0 Å². The van der Waals surface area contributed by atoms with Gasteiger partial charge >= 0.3 is 7.12 Å². The van der Waals surface area contributed by atoms with Crippen molar-refractivity contribution >= 4 is 12.6 Å². The van der Waals surface area contributed by atoms with E-state index in [0.29, 0.717) is 23.8 Å². The van der Waals surface area contributed by atoms with Crippen LogP contribution >= 0.6 is 0 Å². The molecule has 1 aliphatic carbocycles. The van der Waals surface area contributed by atoms with Gasteiger partial charge in [0, 0.05) is 0 Å². The molecule has 0 amide bonds. The first kappa shape index (κ1) is 15.4. The second kappa shape index (κ2) is 5.29. The molecule has 0 bridgehead atoms. The van der Waals surface area contributed by atoms with Crippen LogP contribution < -0.4 is 10.2 Å². The highest BCUT2D eigenvalue weighted by Crippen LogP contribution is 2.36. The van der Waals surface area contributed by atoms with E-state index < -0.39 is 7.12 Å². The summed E-state index contributed by atoms with van der Waals surface area (Å²) in [4.78, 5) is 0. The molecule has 22 heavy (non-hydrogen) atoms. The van der Waals surface area contributed by atoms with Crippen LogP contribution in [0.3, 0.4) is 0 Å². The lowest BCUT2D eigenvalue weighted by Gasteiger charge is -2.32. The van der Waals surface area contributed by atoms with E-state index >= 15 is 0 Å². The Labute approximate surface area is 132 Å². The molecule has 0 radical (unpaired) electrons. The van der Waals surface area contributed by atoms with E-state index in [2.05, 4.69) is 6.07 Å². The van der Waals surface area contributed by atoms with E-state index in [1.807, 2.05) is 45.9 Å². The predicted octanol–water partition coefficient (Wildman–Crippen LogP) is 2.65. The zero-order valence-electron chi connectivity index (χ0n) is 13.7. The molecule has 0 atom stereocenters. The standard InChI is InChI=1S/C17H22BNO3/c1-16(2)17(3,4)22-18(21-16)14-7-8-15(13(9-14)10-19)20-11-12-5-6-12/h7-9,12H,5-6,11H2,1-4H3. The average Bonchev–Trinajstić information content (AvgIpc) is 3.24. The summed E-state index contributed by atoms with van der Waals surface area (Å²) in [6, 6.07) is 7.79. The number of rotatable bonds is 4. The SMILES string of the molecule is CC1(C)OB(c2ccc(OCC3CC3)c(C#N)c2)OC1(C)C. The van der Waals surface area contributed by atoms with Gasteiger partial charge in [-0.15, -0.1) is 0 Å². The molecule has 4 nitrogen and oxygen atoms in total. The third-order valence-corrected chi connectivity index (χ3v) is 4.82. The molecule has 1 aromatic carbocycles. The number of hydrogen-bond acceptors (Lipinski definition) is 4. The van der Waals surface area contributed by atoms with Crippen LogP contribution in [0.5, 0.6) is 5.75 Å². The second-order valence-corrected chi connectivity index (χ2v) is 7.21. The molecule has 1 aliphatic heterocycles. The molecular formula is C17H22BNO3. The molecule has 0 N–H and O–H groups in total. The fourth-order valence-electron chi connectivity index (χ4n) is 2.38. The second-order valence-electron chi connectivity index (χ2n) is 7.21. The van der Waals surface area contributed by atoms with Gasteiger partial charge in [-0.1, -0.05) is 6.07 Å². The quantitative estimate of drug-likeness (QED) is 0.802. The van der Waals surface area contributed by atoms with Crippen LogP contribution in [0.25, 0.3) is 0 Å². The predicted molar refractivity (Wildman–Crippen MR) is 85.1 cm³/mol. The van der Waals surface area contributed by atoms with Gasteiger partial charge < -0.3 is 14.0 Å². The maximum absolute atomic E-state index is 9.36. The van der Waals surface area contributed by atoms with Gasteiger partial charge in [0.05, 0.1) is 23.4 Å². The normalized spacial score (nSPS) is 22.4. The van der Waals surface area contributed by atoms with Crippen LogP contribution in [0.4, 0.5) is 0 Å². The fourth-order valence-corrected chi connectivity index (χ4v) is 2.38. The summed E-state index contributed by atoms with van der Waals surface area (Å²) in [5.74, 6) is 1.31. The first-order chi connectivity index (χ1) is 10.3. The summed E-state index contributed by atoms with van der Waals surface area (Å²) < 4.78 is 17.8. The van der Waals surface area contributed by atoms with Gasteiger partial charge in [0.1, 0.15) is 11.8 Å². The van der Waals surface area contributed by atoms with Crippen LogP contribution in [0.15, 0.2) is 18.2 Å². The van der Waals surface area contributed by atoms with Gasteiger partial charge in [-0.25, -0.2) is 0 Å². The molecular weight excluding hydrogens is 277 g/mol. The molecule has 1 heterocycles. The maximum atomic E-state index is 9.36. The fraction of sp³-hybridized carbons (Fsp3) is 0.588. The number of nitrogens with zero attached hydrogens (tertiary/aromatic N) is 1. The van der Waals surface area contributed by atoms with E-state index in [1.165, 1.54) is 12.8 Å². The number of nitriles is 1. The summed E-state index contributed by atoms with van der Waals surface area (Å²) >= 11 is 0. The first-order valence-electron chi connectivity index (χ1n) is 7.85.